The molecule has 0 bridgehead atoms. The number of rotatable bonds is 7. The van der Waals surface area contributed by atoms with Crippen LogP contribution >= 0.6 is 0 Å². The molecule has 168 valence electrons. The molecule has 1 aromatic heterocycles. The lowest BCUT2D eigenvalue weighted by atomic mass is 9.61. The van der Waals surface area contributed by atoms with Gasteiger partial charge in [0.2, 0.25) is 10.0 Å². The van der Waals surface area contributed by atoms with Crippen LogP contribution in [0.25, 0.3) is 6.08 Å². The molecule has 6 nitrogen and oxygen atoms in total. The van der Waals surface area contributed by atoms with Gasteiger partial charge in [0, 0.05) is 36.8 Å². The van der Waals surface area contributed by atoms with Crippen LogP contribution in [-0.4, -0.2) is 53.7 Å². The third-order valence-electron chi connectivity index (χ3n) is 6.49. The average molecular weight is 456 g/mol. The topological polar surface area (TPSA) is 70.6 Å². The van der Waals surface area contributed by atoms with Crippen molar-refractivity contribution in [2.75, 3.05) is 13.1 Å². The molecule has 1 unspecified atom stereocenters. The number of nitrogens with zero attached hydrogens (tertiary/aromatic N) is 3. The van der Waals surface area contributed by atoms with Crippen molar-refractivity contribution in [3.05, 3.63) is 78.9 Å². The monoisotopic (exact) mass is 455 g/mol. The molecule has 1 aliphatic carbocycles. The van der Waals surface area contributed by atoms with Gasteiger partial charge in [-0.3, -0.25) is 9.78 Å². The molecule has 1 spiro atoms. The molecule has 2 aromatic rings. The maximum Gasteiger partial charge on any atom is 0.256 e. The highest BCUT2D eigenvalue weighted by molar-refractivity contribution is 7.89. The molecule has 8 heteroatoms. The van der Waals surface area contributed by atoms with Crippen molar-refractivity contribution in [1.29, 1.82) is 0 Å². The summed E-state index contributed by atoms with van der Waals surface area (Å²) in [6.45, 7) is 10.2. The first-order valence-electron chi connectivity index (χ1n) is 10.5. The van der Waals surface area contributed by atoms with E-state index in [9.17, 15) is 17.6 Å². The van der Waals surface area contributed by atoms with Crippen LogP contribution in [0.1, 0.15) is 35.8 Å². The highest BCUT2D eigenvalue weighted by atomic mass is 32.2. The molecule has 4 rings (SSSR count). The zero-order valence-electron chi connectivity index (χ0n) is 17.9. The van der Waals surface area contributed by atoms with Crippen LogP contribution < -0.4 is 0 Å². The van der Waals surface area contributed by atoms with Crippen molar-refractivity contribution in [1.82, 2.24) is 14.2 Å². The van der Waals surface area contributed by atoms with Gasteiger partial charge in [-0.15, -0.1) is 6.58 Å². The van der Waals surface area contributed by atoms with Gasteiger partial charge in [-0.25, -0.2) is 12.8 Å². The number of hydrogen-bond acceptors (Lipinski definition) is 4. The Hall–Kier alpha value is -2.84. The van der Waals surface area contributed by atoms with Gasteiger partial charge in [0.25, 0.3) is 5.91 Å². The minimum absolute atomic E-state index is 0.0355. The molecular weight excluding hydrogens is 429 g/mol. The van der Waals surface area contributed by atoms with Crippen molar-refractivity contribution >= 4 is 22.0 Å². The molecule has 2 fully saturated rings. The van der Waals surface area contributed by atoms with E-state index < -0.39 is 15.8 Å². The minimum atomic E-state index is -3.86. The maximum atomic E-state index is 14.0. The third kappa shape index (κ3) is 3.67. The van der Waals surface area contributed by atoms with Crippen LogP contribution in [0.15, 0.2) is 66.7 Å². The Morgan fingerprint density at radius 1 is 1.25 bits per heavy atom. The van der Waals surface area contributed by atoms with E-state index in [-0.39, 0.29) is 28.3 Å². The Labute approximate surface area is 188 Å². The second kappa shape index (κ2) is 8.26. The zero-order chi connectivity index (χ0) is 23.1. The van der Waals surface area contributed by atoms with E-state index in [1.165, 1.54) is 22.5 Å². The predicted octanol–water partition coefficient (Wildman–Crippen LogP) is 3.73. The van der Waals surface area contributed by atoms with Gasteiger partial charge in [0.15, 0.2) is 0 Å². The molecule has 1 atom stereocenters. The smallest absolute Gasteiger partial charge is 0.256 e. The van der Waals surface area contributed by atoms with E-state index in [1.54, 1.807) is 35.4 Å². The summed E-state index contributed by atoms with van der Waals surface area (Å²) < 4.78 is 40.9. The number of amides is 1. The van der Waals surface area contributed by atoms with Crippen LogP contribution in [-0.2, 0) is 10.0 Å². The van der Waals surface area contributed by atoms with Gasteiger partial charge >= 0.3 is 0 Å². The van der Waals surface area contributed by atoms with E-state index in [0.29, 0.717) is 37.2 Å². The van der Waals surface area contributed by atoms with Crippen molar-refractivity contribution in [3.8, 4) is 0 Å². The molecule has 0 radical (unpaired) electrons. The molecular formula is C24H26FN3O3S. The quantitative estimate of drug-likeness (QED) is 0.597. The van der Waals surface area contributed by atoms with E-state index in [1.807, 2.05) is 6.92 Å². The van der Waals surface area contributed by atoms with Crippen molar-refractivity contribution in [3.63, 3.8) is 0 Å². The van der Waals surface area contributed by atoms with E-state index in [2.05, 4.69) is 18.1 Å². The molecule has 2 heterocycles. The van der Waals surface area contributed by atoms with Gasteiger partial charge in [0.05, 0.1) is 11.3 Å². The SMILES string of the molecule is C=Cc1ncccc1C(=O)N(C(C)C=C)C1CC2(C1)CN(S(=O)(=O)c1ccccc1F)C2. The number of hydrogen-bond donors (Lipinski definition) is 0. The Morgan fingerprint density at radius 2 is 1.94 bits per heavy atom. The average Bonchev–Trinajstić information content (AvgIpc) is 2.73. The second-order valence-electron chi connectivity index (χ2n) is 8.59. The summed E-state index contributed by atoms with van der Waals surface area (Å²) in [5, 5.41) is 0. The minimum Gasteiger partial charge on any atom is -0.329 e. The predicted molar refractivity (Wildman–Crippen MR) is 121 cm³/mol. The first kappa shape index (κ1) is 22.4. The summed E-state index contributed by atoms with van der Waals surface area (Å²) in [6.07, 6.45) is 6.27. The van der Waals surface area contributed by atoms with Crippen LogP contribution in [0.5, 0.6) is 0 Å². The third-order valence-corrected chi connectivity index (χ3v) is 8.31. The number of carbonyl (C=O) groups is 1. The fourth-order valence-corrected chi connectivity index (χ4v) is 6.49. The molecule has 32 heavy (non-hydrogen) atoms. The van der Waals surface area contributed by atoms with Gasteiger partial charge in [0.1, 0.15) is 10.7 Å². The van der Waals surface area contributed by atoms with Gasteiger partial charge in [-0.05, 0) is 50.1 Å². The van der Waals surface area contributed by atoms with Crippen molar-refractivity contribution < 1.29 is 17.6 Å². The van der Waals surface area contributed by atoms with Crippen LogP contribution in [0.3, 0.4) is 0 Å². The Balaban J connectivity index is 1.48. The Kier molecular flexibility index (Phi) is 5.77. The Bertz CT molecular complexity index is 1170. The molecule has 2 aliphatic rings. The number of pyridine rings is 1. The maximum absolute atomic E-state index is 14.0. The fraction of sp³-hybridized carbons (Fsp3) is 0.333. The summed E-state index contributed by atoms with van der Waals surface area (Å²) in [5.74, 6) is -0.888. The number of sulfonamides is 1. The highest BCUT2D eigenvalue weighted by Gasteiger charge is 2.58. The molecule has 1 amide bonds. The summed E-state index contributed by atoms with van der Waals surface area (Å²) in [6, 6.07) is 8.64. The summed E-state index contributed by atoms with van der Waals surface area (Å²) in [5.41, 5.74) is 0.826. The van der Waals surface area contributed by atoms with Gasteiger partial charge in [-0.1, -0.05) is 24.8 Å². The summed E-state index contributed by atoms with van der Waals surface area (Å²) >= 11 is 0. The first-order valence-corrected chi connectivity index (χ1v) is 11.9. The van der Waals surface area contributed by atoms with Crippen LogP contribution in [0.2, 0.25) is 0 Å². The van der Waals surface area contributed by atoms with Crippen LogP contribution in [0.4, 0.5) is 4.39 Å². The molecule has 1 aromatic carbocycles. The number of carbonyl (C=O) groups excluding carboxylic acids is 1. The number of benzene rings is 1. The Morgan fingerprint density at radius 3 is 2.56 bits per heavy atom. The first-order chi connectivity index (χ1) is 15.2. The molecule has 1 saturated heterocycles. The lowest BCUT2D eigenvalue weighted by Crippen LogP contribution is -2.68. The van der Waals surface area contributed by atoms with E-state index >= 15 is 0 Å². The van der Waals surface area contributed by atoms with Gasteiger partial charge < -0.3 is 4.90 Å². The highest BCUT2D eigenvalue weighted by Crippen LogP contribution is 2.52. The lowest BCUT2D eigenvalue weighted by Gasteiger charge is -2.60. The number of halogens is 1. The van der Waals surface area contributed by atoms with E-state index in [4.69, 9.17) is 0 Å². The number of aromatic nitrogens is 1. The molecule has 0 N–H and O–H groups in total. The van der Waals surface area contributed by atoms with Gasteiger partial charge in [-0.2, -0.15) is 4.31 Å². The standard InChI is InChI=1S/C24H26FN3O3S/c1-4-17(3)28(23(29)19-9-8-12-26-21(19)5-2)18-13-24(14-18)15-27(16-24)32(30,31)22-11-7-6-10-20(22)25/h4-12,17-18H,1-2,13-16H2,3H3. The summed E-state index contributed by atoms with van der Waals surface area (Å²) in [4.78, 5) is 19.1. The van der Waals surface area contributed by atoms with Crippen molar-refractivity contribution in [2.45, 2.75) is 36.7 Å². The summed E-state index contributed by atoms with van der Waals surface area (Å²) in [7, 11) is -3.86. The fourth-order valence-electron chi connectivity index (χ4n) is 4.76. The van der Waals surface area contributed by atoms with E-state index in [0.717, 1.165) is 6.07 Å². The molecule has 1 saturated carbocycles. The largest absolute Gasteiger partial charge is 0.329 e. The molecule has 1 aliphatic heterocycles. The van der Waals surface area contributed by atoms with Crippen molar-refractivity contribution in [2.24, 2.45) is 5.41 Å². The zero-order valence-corrected chi connectivity index (χ0v) is 18.8. The van der Waals surface area contributed by atoms with Crippen LogP contribution in [0, 0.1) is 11.2 Å². The second-order valence-corrected chi connectivity index (χ2v) is 10.5. The lowest BCUT2D eigenvalue weighted by molar-refractivity contribution is -0.0705. The normalized spacial score (nSPS) is 18.9.